The monoisotopic (exact) mass is 436 g/mol. The molecule has 1 amide bonds. The Morgan fingerprint density at radius 1 is 1.18 bits per heavy atom. The van der Waals surface area contributed by atoms with E-state index in [9.17, 15) is 4.79 Å². The number of benzene rings is 2. The van der Waals surface area contributed by atoms with Crippen LogP contribution in [0.4, 0.5) is 5.69 Å². The van der Waals surface area contributed by atoms with Crippen LogP contribution in [0, 0.1) is 0 Å². The summed E-state index contributed by atoms with van der Waals surface area (Å²) >= 11 is 13.2. The van der Waals surface area contributed by atoms with Gasteiger partial charge in [0.25, 0.3) is 0 Å². The summed E-state index contributed by atoms with van der Waals surface area (Å²) in [4.78, 5) is 12.2. The quantitative estimate of drug-likeness (QED) is 0.507. The lowest BCUT2D eigenvalue weighted by Crippen LogP contribution is -2.15. The van der Waals surface area contributed by atoms with Gasteiger partial charge in [-0.3, -0.25) is 4.79 Å². The molecule has 28 heavy (non-hydrogen) atoms. The molecule has 0 saturated carbocycles. The number of nitrogens with one attached hydrogen (secondary N) is 1. The summed E-state index contributed by atoms with van der Waals surface area (Å²) < 4.78 is 7.66. The number of para-hydroxylation sites is 1. The molecule has 0 aliphatic carbocycles. The molecule has 0 aliphatic heterocycles. The van der Waals surface area contributed by atoms with E-state index in [1.807, 2.05) is 41.8 Å². The highest BCUT2D eigenvalue weighted by Gasteiger charge is 2.14. The average Bonchev–Trinajstić information content (AvgIpc) is 3.09. The van der Waals surface area contributed by atoms with Gasteiger partial charge in [0.2, 0.25) is 5.91 Å². The standard InChI is InChI=1S/C19H18Cl2N4O2S/c1-2-25-17(11-27-14-6-4-3-5-7-14)23-24-19(25)28-12-18(26)22-16-9-8-13(20)10-15(16)21/h3-10H,2,11-12H2,1H3,(H,22,26). The van der Waals surface area contributed by atoms with E-state index in [0.717, 1.165) is 5.75 Å². The Bertz CT molecular complexity index is 950. The van der Waals surface area contributed by atoms with Crippen LogP contribution in [0.2, 0.25) is 10.0 Å². The van der Waals surface area contributed by atoms with E-state index in [1.54, 1.807) is 18.2 Å². The number of halogens is 2. The summed E-state index contributed by atoms with van der Waals surface area (Å²) in [5.74, 6) is 1.45. The molecule has 2 aromatic carbocycles. The molecule has 3 aromatic rings. The molecule has 1 N–H and O–H groups in total. The molecule has 1 heterocycles. The van der Waals surface area contributed by atoms with Crippen molar-refractivity contribution in [3.63, 3.8) is 0 Å². The molecule has 146 valence electrons. The topological polar surface area (TPSA) is 69.0 Å². The Morgan fingerprint density at radius 3 is 2.68 bits per heavy atom. The first kappa shape index (κ1) is 20.5. The van der Waals surface area contributed by atoms with Gasteiger partial charge in [0.1, 0.15) is 12.4 Å². The number of hydrogen-bond donors (Lipinski definition) is 1. The van der Waals surface area contributed by atoms with E-state index in [2.05, 4.69) is 15.5 Å². The molecule has 0 aliphatic rings. The highest BCUT2D eigenvalue weighted by molar-refractivity contribution is 7.99. The van der Waals surface area contributed by atoms with Crippen molar-refractivity contribution in [2.24, 2.45) is 0 Å². The molecular formula is C19H18Cl2N4O2S. The molecule has 0 unspecified atom stereocenters. The minimum Gasteiger partial charge on any atom is -0.486 e. The second-order valence-corrected chi connectivity index (χ2v) is 7.49. The van der Waals surface area contributed by atoms with Crippen LogP contribution in [-0.4, -0.2) is 26.4 Å². The number of aromatic nitrogens is 3. The molecular weight excluding hydrogens is 419 g/mol. The fourth-order valence-electron chi connectivity index (χ4n) is 2.42. The number of carbonyl (C=O) groups is 1. The number of anilines is 1. The molecule has 0 radical (unpaired) electrons. The molecule has 0 atom stereocenters. The van der Waals surface area contributed by atoms with Gasteiger partial charge in [-0.2, -0.15) is 0 Å². The fourth-order valence-corrected chi connectivity index (χ4v) is 3.70. The van der Waals surface area contributed by atoms with Crippen molar-refractivity contribution in [2.75, 3.05) is 11.1 Å². The van der Waals surface area contributed by atoms with Crippen LogP contribution in [0.15, 0.2) is 53.7 Å². The largest absolute Gasteiger partial charge is 0.486 e. The fraction of sp³-hybridized carbons (Fsp3) is 0.211. The Labute approximate surface area is 177 Å². The van der Waals surface area contributed by atoms with Gasteiger partial charge in [-0.05, 0) is 37.3 Å². The van der Waals surface area contributed by atoms with Gasteiger partial charge in [0.05, 0.1) is 16.5 Å². The second-order valence-electron chi connectivity index (χ2n) is 5.71. The number of thioether (sulfide) groups is 1. The van der Waals surface area contributed by atoms with Gasteiger partial charge in [-0.25, -0.2) is 0 Å². The summed E-state index contributed by atoms with van der Waals surface area (Å²) in [6, 6.07) is 14.4. The van der Waals surface area contributed by atoms with Gasteiger partial charge in [-0.1, -0.05) is 53.2 Å². The van der Waals surface area contributed by atoms with Gasteiger partial charge in [0, 0.05) is 11.6 Å². The van der Waals surface area contributed by atoms with Crippen LogP contribution in [0.3, 0.4) is 0 Å². The predicted molar refractivity (Wildman–Crippen MR) is 112 cm³/mol. The van der Waals surface area contributed by atoms with E-state index in [4.69, 9.17) is 27.9 Å². The van der Waals surface area contributed by atoms with Crippen molar-refractivity contribution in [1.82, 2.24) is 14.8 Å². The zero-order chi connectivity index (χ0) is 19.9. The number of hydrogen-bond acceptors (Lipinski definition) is 5. The maximum absolute atomic E-state index is 12.2. The molecule has 0 spiro atoms. The van der Waals surface area contributed by atoms with Crippen LogP contribution in [0.25, 0.3) is 0 Å². The Kier molecular flexibility index (Phi) is 7.19. The number of ether oxygens (including phenoxy) is 1. The van der Waals surface area contributed by atoms with Crippen LogP contribution in [0.1, 0.15) is 12.7 Å². The lowest BCUT2D eigenvalue weighted by atomic mass is 10.3. The summed E-state index contributed by atoms with van der Waals surface area (Å²) in [5, 5.41) is 12.7. The van der Waals surface area contributed by atoms with Gasteiger partial charge in [-0.15, -0.1) is 10.2 Å². The molecule has 0 bridgehead atoms. The summed E-state index contributed by atoms with van der Waals surface area (Å²) in [6.07, 6.45) is 0. The lowest BCUT2D eigenvalue weighted by Gasteiger charge is -2.09. The van der Waals surface area contributed by atoms with E-state index < -0.39 is 0 Å². The minimum atomic E-state index is -0.193. The first-order valence-electron chi connectivity index (χ1n) is 8.54. The number of rotatable bonds is 8. The summed E-state index contributed by atoms with van der Waals surface area (Å²) in [6.45, 7) is 2.97. The van der Waals surface area contributed by atoms with E-state index in [1.165, 1.54) is 11.8 Å². The first-order valence-corrected chi connectivity index (χ1v) is 10.3. The van der Waals surface area contributed by atoms with Crippen molar-refractivity contribution in [2.45, 2.75) is 25.2 Å². The highest BCUT2D eigenvalue weighted by Crippen LogP contribution is 2.26. The maximum atomic E-state index is 12.2. The zero-order valence-corrected chi connectivity index (χ0v) is 17.4. The summed E-state index contributed by atoms with van der Waals surface area (Å²) in [7, 11) is 0. The zero-order valence-electron chi connectivity index (χ0n) is 15.1. The Balaban J connectivity index is 1.58. The van der Waals surface area contributed by atoms with Crippen LogP contribution in [0.5, 0.6) is 5.75 Å². The molecule has 3 rings (SSSR count). The maximum Gasteiger partial charge on any atom is 0.234 e. The summed E-state index contributed by atoms with van der Waals surface area (Å²) in [5.41, 5.74) is 0.519. The van der Waals surface area contributed by atoms with Crippen LogP contribution >= 0.6 is 35.0 Å². The highest BCUT2D eigenvalue weighted by atomic mass is 35.5. The SMILES string of the molecule is CCn1c(COc2ccccc2)nnc1SCC(=O)Nc1ccc(Cl)cc1Cl. The number of amides is 1. The van der Waals surface area contributed by atoms with Crippen molar-refractivity contribution >= 4 is 46.6 Å². The molecule has 9 heteroatoms. The third-order valence-corrected chi connectivity index (χ3v) is 5.27. The third kappa shape index (κ3) is 5.41. The first-order chi connectivity index (χ1) is 13.6. The van der Waals surface area contributed by atoms with Crippen molar-refractivity contribution < 1.29 is 9.53 Å². The third-order valence-electron chi connectivity index (χ3n) is 3.76. The second kappa shape index (κ2) is 9.82. The van der Waals surface area contributed by atoms with Gasteiger partial charge < -0.3 is 14.6 Å². The Hall–Kier alpha value is -2.22. The van der Waals surface area contributed by atoms with E-state index >= 15 is 0 Å². The van der Waals surface area contributed by atoms with Crippen molar-refractivity contribution in [3.05, 3.63) is 64.4 Å². The normalized spacial score (nSPS) is 10.7. The molecule has 0 saturated heterocycles. The number of nitrogens with zero attached hydrogens (tertiary/aromatic N) is 3. The van der Waals surface area contributed by atoms with Crippen molar-refractivity contribution in [3.8, 4) is 5.75 Å². The van der Waals surface area contributed by atoms with Gasteiger partial charge in [0.15, 0.2) is 11.0 Å². The lowest BCUT2D eigenvalue weighted by molar-refractivity contribution is -0.113. The van der Waals surface area contributed by atoms with Gasteiger partial charge >= 0.3 is 0 Å². The smallest absolute Gasteiger partial charge is 0.234 e. The molecule has 6 nitrogen and oxygen atoms in total. The predicted octanol–water partition coefficient (Wildman–Crippen LogP) is 4.91. The molecule has 1 aromatic heterocycles. The van der Waals surface area contributed by atoms with Crippen LogP contribution in [-0.2, 0) is 17.9 Å². The Morgan fingerprint density at radius 2 is 1.96 bits per heavy atom. The minimum absolute atomic E-state index is 0.177. The molecule has 0 fully saturated rings. The van der Waals surface area contributed by atoms with Crippen LogP contribution < -0.4 is 10.1 Å². The average molecular weight is 437 g/mol. The number of carbonyl (C=O) groups excluding carboxylic acids is 1. The van der Waals surface area contributed by atoms with E-state index in [0.29, 0.717) is 39.9 Å². The van der Waals surface area contributed by atoms with Crippen molar-refractivity contribution in [1.29, 1.82) is 0 Å². The van der Waals surface area contributed by atoms with E-state index in [-0.39, 0.29) is 11.7 Å².